The molecule has 0 bridgehead atoms. The second-order valence-electron chi connectivity index (χ2n) is 7.11. The highest BCUT2D eigenvalue weighted by Gasteiger charge is 2.50. The number of β-amino-alcohol motifs (C(OH)–C–C–N with tert-alkyl or cyclic N) is 1. The number of ether oxygens (including phenoxy) is 1. The van der Waals surface area contributed by atoms with Crippen molar-refractivity contribution in [3.63, 3.8) is 0 Å². The Labute approximate surface area is 155 Å². The van der Waals surface area contributed by atoms with Crippen LogP contribution in [-0.2, 0) is 4.79 Å². The number of imide groups is 1. The normalized spacial score (nSPS) is 17.3. The van der Waals surface area contributed by atoms with Gasteiger partial charge in [-0.1, -0.05) is 44.9 Å². The average Bonchev–Trinajstić information content (AvgIpc) is 2.79. The zero-order valence-electron chi connectivity index (χ0n) is 16.2. The molecule has 2 N–H and O–H groups in total. The maximum absolute atomic E-state index is 12.8. The molecule has 1 aliphatic heterocycles. The molecule has 26 heavy (non-hydrogen) atoms. The van der Waals surface area contributed by atoms with E-state index in [-0.39, 0.29) is 19.1 Å². The minimum Gasteiger partial charge on any atom is -0.490 e. The first-order chi connectivity index (χ1) is 12.3. The summed E-state index contributed by atoms with van der Waals surface area (Å²) in [5.74, 6) is 0.493. The van der Waals surface area contributed by atoms with Crippen molar-refractivity contribution in [3.8, 4) is 5.75 Å². The van der Waals surface area contributed by atoms with Crippen molar-refractivity contribution in [2.75, 3.05) is 13.2 Å². The van der Waals surface area contributed by atoms with Gasteiger partial charge in [-0.05, 0) is 37.8 Å². The summed E-state index contributed by atoms with van der Waals surface area (Å²) in [4.78, 5) is 26.3. The fourth-order valence-corrected chi connectivity index (χ4v) is 3.63. The van der Waals surface area contributed by atoms with Gasteiger partial charge < -0.3 is 15.2 Å². The molecule has 0 radical (unpaired) electrons. The van der Waals surface area contributed by atoms with Crippen LogP contribution < -0.4 is 10.1 Å². The van der Waals surface area contributed by atoms with Gasteiger partial charge in [0, 0.05) is 0 Å². The molecule has 1 unspecified atom stereocenters. The van der Waals surface area contributed by atoms with E-state index >= 15 is 0 Å². The molecule has 2 rings (SSSR count). The second-order valence-corrected chi connectivity index (χ2v) is 7.11. The molecule has 6 heteroatoms. The predicted molar refractivity (Wildman–Crippen MR) is 100 cm³/mol. The zero-order chi connectivity index (χ0) is 19.3. The van der Waals surface area contributed by atoms with Crippen LogP contribution >= 0.6 is 0 Å². The van der Waals surface area contributed by atoms with Crippen molar-refractivity contribution in [3.05, 3.63) is 29.3 Å². The van der Waals surface area contributed by atoms with E-state index in [1.165, 1.54) is 0 Å². The molecule has 0 aromatic heterocycles. The van der Waals surface area contributed by atoms with E-state index in [2.05, 4.69) is 5.32 Å². The summed E-state index contributed by atoms with van der Waals surface area (Å²) < 4.78 is 5.74. The molecule has 1 saturated heterocycles. The number of aliphatic hydroxyl groups excluding tert-OH is 1. The SMILES string of the molecule is CCCC1(CCC)NC(=O)N(CC(O)COc2c(C)cccc2C)C1=O. The van der Waals surface area contributed by atoms with Gasteiger partial charge in [0.15, 0.2) is 0 Å². The van der Waals surface area contributed by atoms with Crippen LogP contribution in [0.4, 0.5) is 4.79 Å². The maximum Gasteiger partial charge on any atom is 0.325 e. The van der Waals surface area contributed by atoms with Crippen LogP contribution in [0.15, 0.2) is 18.2 Å². The first-order valence-corrected chi connectivity index (χ1v) is 9.35. The molecule has 6 nitrogen and oxygen atoms in total. The highest BCUT2D eigenvalue weighted by atomic mass is 16.5. The maximum atomic E-state index is 12.8. The number of amides is 3. The van der Waals surface area contributed by atoms with Crippen LogP contribution in [0.25, 0.3) is 0 Å². The third-order valence-electron chi connectivity index (χ3n) is 4.82. The number of hydrogen-bond acceptors (Lipinski definition) is 4. The number of aliphatic hydroxyl groups is 1. The fraction of sp³-hybridized carbons (Fsp3) is 0.600. The number of carbonyl (C=O) groups excluding carboxylic acids is 2. The predicted octanol–water partition coefficient (Wildman–Crippen LogP) is 2.93. The summed E-state index contributed by atoms with van der Waals surface area (Å²) in [6, 6.07) is 5.40. The van der Waals surface area contributed by atoms with Gasteiger partial charge in [-0.2, -0.15) is 0 Å². The summed E-state index contributed by atoms with van der Waals surface area (Å²) in [7, 11) is 0. The Kier molecular flexibility index (Phi) is 6.64. The Morgan fingerprint density at radius 3 is 2.27 bits per heavy atom. The Morgan fingerprint density at radius 1 is 1.15 bits per heavy atom. The van der Waals surface area contributed by atoms with Crippen molar-refractivity contribution in [1.29, 1.82) is 0 Å². The number of benzene rings is 1. The van der Waals surface area contributed by atoms with Gasteiger partial charge in [0.2, 0.25) is 0 Å². The molecule has 0 spiro atoms. The van der Waals surface area contributed by atoms with Crippen LogP contribution in [0.1, 0.15) is 50.7 Å². The number of urea groups is 1. The first kappa shape index (κ1) is 20.2. The first-order valence-electron chi connectivity index (χ1n) is 9.35. The molecular weight excluding hydrogens is 332 g/mol. The van der Waals surface area contributed by atoms with Gasteiger partial charge in [0.25, 0.3) is 5.91 Å². The van der Waals surface area contributed by atoms with Crippen LogP contribution in [-0.4, -0.2) is 46.7 Å². The average molecular weight is 362 g/mol. The van der Waals surface area contributed by atoms with Crippen molar-refractivity contribution in [2.45, 2.75) is 65.0 Å². The van der Waals surface area contributed by atoms with Crippen molar-refractivity contribution in [1.82, 2.24) is 10.2 Å². The van der Waals surface area contributed by atoms with Crippen LogP contribution in [0, 0.1) is 13.8 Å². The zero-order valence-corrected chi connectivity index (χ0v) is 16.2. The summed E-state index contributed by atoms with van der Waals surface area (Å²) in [5, 5.41) is 13.2. The Bertz CT molecular complexity index is 633. The molecule has 1 aromatic rings. The lowest BCUT2D eigenvalue weighted by Gasteiger charge is -2.26. The number of nitrogens with zero attached hydrogens (tertiary/aromatic N) is 1. The summed E-state index contributed by atoms with van der Waals surface area (Å²) in [5.41, 5.74) is 1.14. The molecule has 0 aliphatic carbocycles. The molecular formula is C20H30N2O4. The molecule has 1 atom stereocenters. The standard InChI is InChI=1S/C20H30N2O4/c1-5-10-20(11-6-2)18(24)22(19(25)21-20)12-16(23)13-26-17-14(3)8-7-9-15(17)4/h7-9,16,23H,5-6,10-13H2,1-4H3,(H,21,25). The van der Waals surface area contributed by atoms with E-state index in [0.717, 1.165) is 34.6 Å². The number of para-hydroxylation sites is 1. The van der Waals surface area contributed by atoms with Crippen molar-refractivity contribution < 1.29 is 19.4 Å². The van der Waals surface area contributed by atoms with Crippen molar-refractivity contribution >= 4 is 11.9 Å². The van der Waals surface area contributed by atoms with Gasteiger partial charge in [-0.25, -0.2) is 4.79 Å². The minimum atomic E-state index is -0.942. The van der Waals surface area contributed by atoms with E-state index in [9.17, 15) is 14.7 Å². The molecule has 1 aromatic carbocycles. The number of nitrogens with one attached hydrogen (secondary N) is 1. The van der Waals surface area contributed by atoms with Gasteiger partial charge in [0.1, 0.15) is 24.0 Å². The summed E-state index contributed by atoms with van der Waals surface area (Å²) in [6.07, 6.45) is 1.88. The van der Waals surface area contributed by atoms with Gasteiger partial charge in [-0.15, -0.1) is 0 Å². The molecule has 1 aliphatic rings. The quantitative estimate of drug-likeness (QED) is 0.662. The van der Waals surface area contributed by atoms with E-state index in [1.807, 2.05) is 45.9 Å². The second kappa shape index (κ2) is 8.54. The number of rotatable bonds is 9. The fourth-order valence-electron chi connectivity index (χ4n) is 3.63. The topological polar surface area (TPSA) is 78.9 Å². The number of carbonyl (C=O) groups is 2. The smallest absolute Gasteiger partial charge is 0.325 e. The third-order valence-corrected chi connectivity index (χ3v) is 4.82. The van der Waals surface area contributed by atoms with E-state index < -0.39 is 17.7 Å². The van der Waals surface area contributed by atoms with Crippen LogP contribution in [0.2, 0.25) is 0 Å². The van der Waals surface area contributed by atoms with Gasteiger partial charge in [-0.3, -0.25) is 9.69 Å². The Hall–Kier alpha value is -2.08. The minimum absolute atomic E-state index is 0.0251. The number of aryl methyl sites for hydroxylation is 2. The molecule has 3 amide bonds. The van der Waals surface area contributed by atoms with Gasteiger partial charge >= 0.3 is 6.03 Å². The van der Waals surface area contributed by atoms with E-state index in [4.69, 9.17) is 4.74 Å². The molecule has 1 fully saturated rings. The largest absolute Gasteiger partial charge is 0.490 e. The Balaban J connectivity index is 2.01. The lowest BCUT2D eigenvalue weighted by molar-refractivity contribution is -0.133. The molecule has 0 saturated carbocycles. The lowest BCUT2D eigenvalue weighted by Crippen LogP contribution is -2.47. The van der Waals surface area contributed by atoms with Crippen molar-refractivity contribution in [2.24, 2.45) is 0 Å². The summed E-state index contributed by atoms with van der Waals surface area (Å²) >= 11 is 0. The van der Waals surface area contributed by atoms with Crippen LogP contribution in [0.5, 0.6) is 5.75 Å². The van der Waals surface area contributed by atoms with Gasteiger partial charge in [0.05, 0.1) is 6.54 Å². The third kappa shape index (κ3) is 4.18. The highest BCUT2D eigenvalue weighted by molar-refractivity contribution is 6.07. The molecule has 144 valence electrons. The monoisotopic (exact) mass is 362 g/mol. The molecule has 1 heterocycles. The Morgan fingerprint density at radius 2 is 1.73 bits per heavy atom. The van der Waals surface area contributed by atoms with Crippen LogP contribution in [0.3, 0.4) is 0 Å². The van der Waals surface area contributed by atoms with E-state index in [1.54, 1.807) is 0 Å². The highest BCUT2D eigenvalue weighted by Crippen LogP contribution is 2.28. The summed E-state index contributed by atoms with van der Waals surface area (Å²) in [6.45, 7) is 7.83. The lowest BCUT2D eigenvalue weighted by atomic mass is 9.88. The van der Waals surface area contributed by atoms with E-state index in [0.29, 0.717) is 12.8 Å². The number of hydrogen-bond donors (Lipinski definition) is 2.